The van der Waals surface area contributed by atoms with Gasteiger partial charge in [-0.15, -0.1) is 0 Å². The molecule has 1 saturated carbocycles. The van der Waals surface area contributed by atoms with E-state index in [0.717, 1.165) is 147 Å². The maximum atomic E-state index is 11.8. The summed E-state index contributed by atoms with van der Waals surface area (Å²) in [6.07, 6.45) is 4.06. The van der Waals surface area contributed by atoms with E-state index in [1.54, 1.807) is 0 Å². The largest absolute Gasteiger partial charge is 0.455 e. The van der Waals surface area contributed by atoms with Gasteiger partial charge in [0.2, 0.25) is 0 Å². The molecule has 3 aliphatic rings. The van der Waals surface area contributed by atoms with Crippen LogP contribution in [0.3, 0.4) is 0 Å². The highest BCUT2D eigenvalue weighted by molar-refractivity contribution is 6.26. The molecule has 6 nitrogen and oxygen atoms in total. The normalized spacial score (nSPS) is 15.7. The Hall–Kier alpha value is -8.84. The summed E-state index contributed by atoms with van der Waals surface area (Å²) in [7, 11) is 0. The molecule has 3 aliphatic carbocycles. The first-order valence-electron chi connectivity index (χ1n) is 23.6. The van der Waals surface area contributed by atoms with Crippen LogP contribution in [0.25, 0.3) is 121 Å². The van der Waals surface area contributed by atoms with Gasteiger partial charge in [-0.3, -0.25) is 0 Å². The first kappa shape index (κ1) is 37.4. The summed E-state index contributed by atoms with van der Waals surface area (Å²) in [5.41, 5.74) is 16.4. The Morgan fingerprint density at radius 1 is 0.382 bits per heavy atom. The third-order valence-electron chi connectivity index (χ3n) is 15.5. The lowest BCUT2D eigenvalue weighted by atomic mass is 9.64. The molecule has 0 atom stereocenters. The van der Waals surface area contributed by atoms with E-state index >= 15 is 0 Å². The Bertz CT molecular complexity index is 4410. The second-order valence-electron chi connectivity index (χ2n) is 18.8. The Labute approximate surface area is 389 Å². The van der Waals surface area contributed by atoms with Crippen molar-refractivity contribution in [2.45, 2.75) is 37.5 Å². The molecule has 4 heterocycles. The minimum absolute atomic E-state index is 0.186. The number of rotatable bonds is 4. The molecule has 6 heteroatoms. The van der Waals surface area contributed by atoms with Gasteiger partial charge in [0.1, 0.15) is 34.5 Å². The molecule has 0 amide bonds. The number of aromatic nitrogens is 2. The fourth-order valence-electron chi connectivity index (χ4n) is 12.6. The standard InChI is InChI=1S/C62H38N4O2/c63-33-47-48(34-64)59(65-49-27-23-39(35-11-3-1-4-12-35)31-45(49)57-51(65)29-25-43-41-15-7-9-17-53(41)67-61(43)57)60(56-38-21-19-37(20-22-38)55(47)56)66-50-28-24-40(36-13-5-2-6-14-36)32-46(50)58-52(66)30-26-44-42-16-8-10-18-54(42)68-62(44)58/h1-18,23-32,37-38H,19-22H2. The van der Waals surface area contributed by atoms with Crippen molar-refractivity contribution in [2.24, 2.45) is 0 Å². The van der Waals surface area contributed by atoms with Gasteiger partial charge < -0.3 is 18.0 Å². The van der Waals surface area contributed by atoms with E-state index in [1.807, 2.05) is 30.3 Å². The van der Waals surface area contributed by atoms with Crippen molar-refractivity contribution >= 4 is 87.5 Å². The van der Waals surface area contributed by atoms with Crippen LogP contribution in [0.15, 0.2) is 179 Å². The second kappa shape index (κ2) is 13.8. The molecule has 0 N–H and O–H groups in total. The third-order valence-corrected chi connectivity index (χ3v) is 15.5. The van der Waals surface area contributed by atoms with Gasteiger partial charge in [0.25, 0.3) is 0 Å². The smallest absolute Gasteiger partial charge is 0.145 e. The van der Waals surface area contributed by atoms with Gasteiger partial charge in [-0.1, -0.05) is 109 Å². The number of para-hydroxylation sites is 2. The predicted octanol–water partition coefficient (Wildman–Crippen LogP) is 16.5. The monoisotopic (exact) mass is 870 g/mol. The Morgan fingerprint density at radius 2 is 0.824 bits per heavy atom. The van der Waals surface area contributed by atoms with Crippen LogP contribution in [0.5, 0.6) is 0 Å². The van der Waals surface area contributed by atoms with E-state index in [4.69, 9.17) is 8.83 Å². The van der Waals surface area contributed by atoms with E-state index in [2.05, 4.69) is 161 Å². The van der Waals surface area contributed by atoms with Crippen molar-refractivity contribution < 1.29 is 8.83 Å². The Morgan fingerprint density at radius 3 is 1.32 bits per heavy atom. The maximum Gasteiger partial charge on any atom is 0.145 e. The topological polar surface area (TPSA) is 83.7 Å². The predicted molar refractivity (Wildman–Crippen MR) is 274 cm³/mol. The molecule has 16 rings (SSSR count). The number of furan rings is 2. The van der Waals surface area contributed by atoms with Gasteiger partial charge in [-0.05, 0) is 132 Å². The van der Waals surface area contributed by atoms with Gasteiger partial charge >= 0.3 is 0 Å². The summed E-state index contributed by atoms with van der Waals surface area (Å²) in [5, 5.41) is 31.5. The summed E-state index contributed by atoms with van der Waals surface area (Å²) in [6.45, 7) is 0. The van der Waals surface area contributed by atoms with E-state index in [-0.39, 0.29) is 11.8 Å². The SMILES string of the molecule is N#Cc1c(C#N)c(-n2c3ccc(-c4ccccc4)cc3c3c4oc5ccccc5c4ccc32)c(-n2c3ccc(-c4ccccc4)cc3c3c4oc5ccccc5c4ccc32)c2c1C1CCC2CC1. The number of hydrogen-bond acceptors (Lipinski definition) is 4. The molecular formula is C62H38N4O2. The zero-order valence-electron chi connectivity index (χ0n) is 36.8. The minimum atomic E-state index is 0.186. The van der Waals surface area contributed by atoms with Gasteiger partial charge in [-0.25, -0.2) is 0 Å². The summed E-state index contributed by atoms with van der Waals surface area (Å²) in [4.78, 5) is 0. The summed E-state index contributed by atoms with van der Waals surface area (Å²) in [5.74, 6) is 0.389. The van der Waals surface area contributed by atoms with E-state index in [0.29, 0.717) is 16.8 Å². The molecule has 68 heavy (non-hydrogen) atoms. The Balaban J connectivity index is 1.16. The number of fused-ring (bicyclic) bond motifs is 16. The van der Waals surface area contributed by atoms with Crippen LogP contribution in [-0.2, 0) is 0 Å². The zero-order chi connectivity index (χ0) is 44.8. The highest BCUT2D eigenvalue weighted by Crippen LogP contribution is 2.57. The highest BCUT2D eigenvalue weighted by atomic mass is 16.3. The molecule has 9 aromatic carbocycles. The van der Waals surface area contributed by atoms with Gasteiger partial charge in [-0.2, -0.15) is 10.5 Å². The number of nitrogens with zero attached hydrogens (tertiary/aromatic N) is 4. The van der Waals surface area contributed by atoms with Crippen molar-refractivity contribution in [3.8, 4) is 45.8 Å². The van der Waals surface area contributed by atoms with Gasteiger partial charge in [0.15, 0.2) is 0 Å². The van der Waals surface area contributed by atoms with Crippen LogP contribution >= 0.6 is 0 Å². The van der Waals surface area contributed by atoms with Crippen LogP contribution in [0.2, 0.25) is 0 Å². The highest BCUT2D eigenvalue weighted by Gasteiger charge is 2.41. The minimum Gasteiger partial charge on any atom is -0.455 e. The number of benzene rings is 9. The van der Waals surface area contributed by atoms with Crippen molar-refractivity contribution in [2.75, 3.05) is 0 Å². The summed E-state index contributed by atoms with van der Waals surface area (Å²) >= 11 is 0. The molecule has 4 aromatic heterocycles. The molecule has 0 aliphatic heterocycles. The van der Waals surface area contributed by atoms with E-state index in [9.17, 15) is 10.5 Å². The number of hydrogen-bond donors (Lipinski definition) is 0. The quantitative estimate of drug-likeness (QED) is 0.176. The third kappa shape index (κ3) is 4.93. The van der Waals surface area contributed by atoms with Gasteiger partial charge in [0.05, 0.1) is 55.3 Å². The number of nitriles is 2. The Kier molecular flexibility index (Phi) is 7.61. The first-order chi connectivity index (χ1) is 33.7. The van der Waals surface area contributed by atoms with Crippen LogP contribution < -0.4 is 0 Å². The lowest BCUT2D eigenvalue weighted by molar-refractivity contribution is 0.357. The maximum absolute atomic E-state index is 11.8. The molecule has 0 radical (unpaired) electrons. The summed E-state index contributed by atoms with van der Waals surface area (Å²) in [6, 6.07) is 65.2. The van der Waals surface area contributed by atoms with E-state index in [1.165, 1.54) is 5.56 Å². The lowest BCUT2D eigenvalue weighted by Crippen LogP contribution is -2.27. The molecule has 0 spiro atoms. The van der Waals surface area contributed by atoms with Crippen molar-refractivity contribution in [3.05, 3.63) is 192 Å². The van der Waals surface area contributed by atoms with Crippen LogP contribution in [0, 0.1) is 22.7 Å². The van der Waals surface area contributed by atoms with Crippen LogP contribution in [-0.4, -0.2) is 9.13 Å². The van der Waals surface area contributed by atoms with Crippen molar-refractivity contribution in [1.29, 1.82) is 10.5 Å². The average molecular weight is 871 g/mol. The van der Waals surface area contributed by atoms with Crippen molar-refractivity contribution in [1.82, 2.24) is 9.13 Å². The van der Waals surface area contributed by atoms with E-state index < -0.39 is 0 Å². The fraction of sp³-hybridized carbons (Fsp3) is 0.0968. The lowest BCUT2D eigenvalue weighted by Gasteiger charge is -2.41. The molecule has 318 valence electrons. The molecule has 1 fully saturated rings. The average Bonchev–Trinajstić information content (AvgIpc) is 4.16. The summed E-state index contributed by atoms with van der Waals surface area (Å²) < 4.78 is 18.5. The van der Waals surface area contributed by atoms with Gasteiger partial charge in [0, 0.05) is 32.3 Å². The first-order valence-corrected chi connectivity index (χ1v) is 23.6. The molecule has 13 aromatic rings. The zero-order valence-corrected chi connectivity index (χ0v) is 36.8. The molecule has 0 saturated heterocycles. The molecule has 0 unspecified atom stereocenters. The molecular weight excluding hydrogens is 833 g/mol. The van der Waals surface area contributed by atoms with Crippen molar-refractivity contribution in [3.63, 3.8) is 0 Å². The van der Waals surface area contributed by atoms with Crippen LogP contribution in [0.1, 0.15) is 59.8 Å². The second-order valence-corrected chi connectivity index (χ2v) is 18.8. The molecule has 2 bridgehead atoms. The fourth-order valence-corrected chi connectivity index (χ4v) is 12.6. The van der Waals surface area contributed by atoms with Crippen LogP contribution in [0.4, 0.5) is 0 Å².